The quantitative estimate of drug-likeness (QED) is 0.708. The molecule has 1 aromatic heterocycles. The van der Waals surface area contributed by atoms with E-state index in [0.717, 1.165) is 18.7 Å². The summed E-state index contributed by atoms with van der Waals surface area (Å²) in [5.41, 5.74) is 5.53. The second-order valence-corrected chi connectivity index (χ2v) is 2.59. The summed E-state index contributed by atoms with van der Waals surface area (Å²) in [7, 11) is 0. The number of hydrogen-bond donors (Lipinski definition) is 1. The molecule has 1 rings (SSSR count). The Morgan fingerprint density at radius 3 is 2.82 bits per heavy atom. The van der Waals surface area contributed by atoms with Gasteiger partial charge in [0.15, 0.2) is 5.82 Å². The van der Waals surface area contributed by atoms with Crippen molar-refractivity contribution in [3.63, 3.8) is 0 Å². The molecule has 1 atom stereocenters. The van der Waals surface area contributed by atoms with E-state index < -0.39 is 0 Å². The normalized spacial score (nSPS) is 13.4. The first-order valence-corrected chi connectivity index (χ1v) is 3.82. The van der Waals surface area contributed by atoms with E-state index in [1.54, 1.807) is 0 Å². The van der Waals surface area contributed by atoms with E-state index in [4.69, 9.17) is 10.3 Å². The van der Waals surface area contributed by atoms with Crippen molar-refractivity contribution in [2.75, 3.05) is 0 Å². The largest absolute Gasteiger partial charge is 0.338 e. The second-order valence-electron chi connectivity index (χ2n) is 2.59. The lowest BCUT2D eigenvalue weighted by molar-refractivity contribution is 0.357. The molecule has 0 aliphatic rings. The molecule has 0 radical (unpaired) electrons. The molecule has 0 spiro atoms. The van der Waals surface area contributed by atoms with Crippen molar-refractivity contribution in [2.45, 2.75) is 32.7 Å². The van der Waals surface area contributed by atoms with Crippen LogP contribution in [0.2, 0.25) is 0 Å². The van der Waals surface area contributed by atoms with Gasteiger partial charge >= 0.3 is 0 Å². The van der Waals surface area contributed by atoms with Crippen molar-refractivity contribution in [3.05, 3.63) is 11.7 Å². The first-order chi connectivity index (χ1) is 5.24. The Morgan fingerprint density at radius 2 is 2.36 bits per heavy atom. The lowest BCUT2D eigenvalue weighted by atomic mass is 10.3. The third-order valence-corrected chi connectivity index (χ3v) is 1.35. The van der Waals surface area contributed by atoms with Gasteiger partial charge in [-0.1, -0.05) is 12.1 Å². The lowest BCUT2D eigenvalue weighted by Gasteiger charge is -1.92. The maximum Gasteiger partial charge on any atom is 0.243 e. The molecule has 1 heterocycles. The van der Waals surface area contributed by atoms with Crippen LogP contribution < -0.4 is 5.73 Å². The van der Waals surface area contributed by atoms with Crippen molar-refractivity contribution >= 4 is 0 Å². The minimum Gasteiger partial charge on any atom is -0.338 e. The smallest absolute Gasteiger partial charge is 0.243 e. The van der Waals surface area contributed by atoms with Crippen molar-refractivity contribution in [3.8, 4) is 0 Å². The van der Waals surface area contributed by atoms with Crippen LogP contribution >= 0.6 is 0 Å². The summed E-state index contributed by atoms with van der Waals surface area (Å²) < 4.78 is 4.89. The molecule has 0 bridgehead atoms. The number of nitrogens with two attached hydrogens (primary N) is 1. The van der Waals surface area contributed by atoms with E-state index in [9.17, 15) is 0 Å². The van der Waals surface area contributed by atoms with Gasteiger partial charge < -0.3 is 10.3 Å². The van der Waals surface area contributed by atoms with Gasteiger partial charge in [0.1, 0.15) is 0 Å². The lowest BCUT2D eigenvalue weighted by Crippen LogP contribution is -2.05. The number of nitrogens with zero attached hydrogens (tertiary/aromatic N) is 2. The van der Waals surface area contributed by atoms with Crippen LogP contribution in [0.3, 0.4) is 0 Å². The molecule has 4 heteroatoms. The van der Waals surface area contributed by atoms with Crippen LogP contribution in [-0.4, -0.2) is 10.1 Å². The Kier molecular flexibility index (Phi) is 2.59. The van der Waals surface area contributed by atoms with Gasteiger partial charge in [0.2, 0.25) is 5.89 Å². The summed E-state index contributed by atoms with van der Waals surface area (Å²) in [6.45, 7) is 3.89. The van der Waals surface area contributed by atoms with Crippen molar-refractivity contribution in [1.82, 2.24) is 10.1 Å². The third kappa shape index (κ3) is 2.01. The zero-order valence-corrected chi connectivity index (χ0v) is 6.87. The van der Waals surface area contributed by atoms with E-state index in [-0.39, 0.29) is 6.04 Å². The molecular formula is C7H13N3O. The van der Waals surface area contributed by atoms with E-state index >= 15 is 0 Å². The van der Waals surface area contributed by atoms with Gasteiger partial charge in [-0.05, 0) is 13.3 Å². The summed E-state index contributed by atoms with van der Waals surface area (Å²) >= 11 is 0. The molecule has 4 nitrogen and oxygen atoms in total. The van der Waals surface area contributed by atoms with Gasteiger partial charge in [-0.15, -0.1) is 0 Å². The van der Waals surface area contributed by atoms with Crippen molar-refractivity contribution in [1.29, 1.82) is 0 Å². The second kappa shape index (κ2) is 3.48. The molecule has 62 valence electrons. The highest BCUT2D eigenvalue weighted by Crippen LogP contribution is 2.06. The number of aromatic nitrogens is 2. The fraction of sp³-hybridized carbons (Fsp3) is 0.714. The highest BCUT2D eigenvalue weighted by atomic mass is 16.5. The Balaban J connectivity index is 2.66. The molecule has 0 saturated carbocycles. The van der Waals surface area contributed by atoms with E-state index in [1.165, 1.54) is 0 Å². The van der Waals surface area contributed by atoms with Gasteiger partial charge in [-0.2, -0.15) is 4.98 Å². The summed E-state index contributed by atoms with van der Waals surface area (Å²) in [5.74, 6) is 1.27. The summed E-state index contributed by atoms with van der Waals surface area (Å²) in [4.78, 5) is 4.10. The molecule has 0 unspecified atom stereocenters. The minimum atomic E-state index is -0.159. The standard InChI is InChI=1S/C7H13N3O/c1-3-4-6-9-7(5(2)8)11-10-6/h5H,3-4,8H2,1-2H3/t5-/m0/s1. The molecule has 0 fully saturated rings. The zero-order chi connectivity index (χ0) is 8.27. The fourth-order valence-electron chi connectivity index (χ4n) is 0.778. The van der Waals surface area contributed by atoms with Gasteiger partial charge in [0, 0.05) is 6.42 Å². The molecule has 0 saturated heterocycles. The van der Waals surface area contributed by atoms with Gasteiger partial charge in [0.25, 0.3) is 0 Å². The van der Waals surface area contributed by atoms with Crippen LogP contribution in [0.5, 0.6) is 0 Å². The molecule has 0 aromatic carbocycles. The minimum absolute atomic E-state index is 0.159. The molecule has 0 amide bonds. The average molecular weight is 155 g/mol. The SMILES string of the molecule is CCCc1noc([C@H](C)N)n1. The highest BCUT2D eigenvalue weighted by Gasteiger charge is 2.08. The topological polar surface area (TPSA) is 64.9 Å². The maximum atomic E-state index is 5.53. The van der Waals surface area contributed by atoms with Crippen LogP contribution in [0, 0.1) is 0 Å². The van der Waals surface area contributed by atoms with E-state index in [2.05, 4.69) is 17.1 Å². The predicted octanol–water partition coefficient (Wildman–Crippen LogP) is 1.04. The number of rotatable bonds is 3. The Morgan fingerprint density at radius 1 is 1.64 bits per heavy atom. The number of hydrogen-bond acceptors (Lipinski definition) is 4. The summed E-state index contributed by atoms with van der Waals surface area (Å²) in [6, 6.07) is -0.159. The van der Waals surface area contributed by atoms with Crippen molar-refractivity contribution < 1.29 is 4.52 Å². The Labute approximate surface area is 65.8 Å². The predicted molar refractivity (Wildman–Crippen MR) is 40.9 cm³/mol. The summed E-state index contributed by atoms with van der Waals surface area (Å²) in [5, 5.41) is 3.76. The maximum absolute atomic E-state index is 5.53. The van der Waals surface area contributed by atoms with Crippen LogP contribution in [0.25, 0.3) is 0 Å². The fourth-order valence-corrected chi connectivity index (χ4v) is 0.778. The average Bonchev–Trinajstić information content (AvgIpc) is 2.37. The molecule has 0 aliphatic carbocycles. The first-order valence-electron chi connectivity index (χ1n) is 3.82. The van der Waals surface area contributed by atoms with Crippen LogP contribution in [-0.2, 0) is 6.42 Å². The first kappa shape index (κ1) is 8.20. The Hall–Kier alpha value is -0.900. The number of aryl methyl sites for hydroxylation is 1. The van der Waals surface area contributed by atoms with Gasteiger partial charge in [-0.25, -0.2) is 0 Å². The van der Waals surface area contributed by atoms with Crippen LogP contribution in [0.15, 0.2) is 4.52 Å². The van der Waals surface area contributed by atoms with Crippen molar-refractivity contribution in [2.24, 2.45) is 5.73 Å². The molecule has 0 aliphatic heterocycles. The van der Waals surface area contributed by atoms with Crippen LogP contribution in [0.1, 0.15) is 38.0 Å². The monoisotopic (exact) mass is 155 g/mol. The highest BCUT2D eigenvalue weighted by molar-refractivity contribution is 4.89. The molecule has 2 N–H and O–H groups in total. The molecule has 11 heavy (non-hydrogen) atoms. The van der Waals surface area contributed by atoms with Gasteiger partial charge in [0.05, 0.1) is 6.04 Å². The zero-order valence-electron chi connectivity index (χ0n) is 6.87. The molecule has 1 aromatic rings. The van der Waals surface area contributed by atoms with Crippen LogP contribution in [0.4, 0.5) is 0 Å². The summed E-state index contributed by atoms with van der Waals surface area (Å²) in [6.07, 6.45) is 1.88. The third-order valence-electron chi connectivity index (χ3n) is 1.35. The Bertz CT molecular complexity index is 219. The van der Waals surface area contributed by atoms with E-state index in [0.29, 0.717) is 5.89 Å². The van der Waals surface area contributed by atoms with E-state index in [1.807, 2.05) is 6.92 Å². The van der Waals surface area contributed by atoms with Gasteiger partial charge in [-0.3, -0.25) is 0 Å². The molecular weight excluding hydrogens is 142 g/mol.